The van der Waals surface area contributed by atoms with Gasteiger partial charge in [0.05, 0.1) is 22.7 Å². The number of urea groups is 1. The van der Waals surface area contributed by atoms with Crippen LogP contribution in [-0.4, -0.2) is 48.5 Å². The van der Waals surface area contributed by atoms with Gasteiger partial charge in [0.2, 0.25) is 0 Å². The Morgan fingerprint density at radius 2 is 1.91 bits per heavy atom. The number of nitro groups is 1. The number of non-ortho nitro benzene ring substituents is 1. The first-order valence-electron chi connectivity index (χ1n) is 9.38. The van der Waals surface area contributed by atoms with Gasteiger partial charge in [0, 0.05) is 12.1 Å². The van der Waals surface area contributed by atoms with E-state index in [1.807, 2.05) is 22.6 Å². The highest BCUT2D eigenvalue weighted by Crippen LogP contribution is 2.35. The molecule has 3 amide bonds. The SMILES string of the molecule is COC(=O)CN1C(=O)N/C(=C/c2cc(I)c(OCc3ccc([N+](=O)[O-])cc3)c(OC)c2)C1=O. The van der Waals surface area contributed by atoms with Crippen molar-refractivity contribution in [1.82, 2.24) is 10.2 Å². The first-order chi connectivity index (χ1) is 15.7. The summed E-state index contributed by atoms with van der Waals surface area (Å²) >= 11 is 2.05. The number of rotatable bonds is 8. The molecule has 0 saturated carbocycles. The van der Waals surface area contributed by atoms with Crippen molar-refractivity contribution >= 4 is 52.3 Å². The molecule has 0 atom stereocenters. The van der Waals surface area contributed by atoms with E-state index in [2.05, 4.69) is 10.1 Å². The van der Waals surface area contributed by atoms with E-state index in [1.165, 1.54) is 25.3 Å². The van der Waals surface area contributed by atoms with Gasteiger partial charge in [0.1, 0.15) is 18.8 Å². The number of hydrogen-bond acceptors (Lipinski definition) is 8. The van der Waals surface area contributed by atoms with Gasteiger partial charge in [-0.2, -0.15) is 0 Å². The second-order valence-electron chi connectivity index (χ2n) is 6.70. The Balaban J connectivity index is 1.79. The Kier molecular flexibility index (Phi) is 7.48. The summed E-state index contributed by atoms with van der Waals surface area (Å²) in [6, 6.07) is 8.63. The van der Waals surface area contributed by atoms with Crippen LogP contribution < -0.4 is 14.8 Å². The summed E-state index contributed by atoms with van der Waals surface area (Å²) < 4.78 is 16.4. The highest BCUT2D eigenvalue weighted by Gasteiger charge is 2.35. The lowest BCUT2D eigenvalue weighted by atomic mass is 10.1. The van der Waals surface area contributed by atoms with Crippen LogP contribution in [0.4, 0.5) is 10.5 Å². The van der Waals surface area contributed by atoms with Gasteiger partial charge in [-0.1, -0.05) is 0 Å². The Hall–Kier alpha value is -3.68. The van der Waals surface area contributed by atoms with Crippen LogP contribution in [0.3, 0.4) is 0 Å². The van der Waals surface area contributed by atoms with Gasteiger partial charge in [-0.3, -0.25) is 19.7 Å². The van der Waals surface area contributed by atoms with Gasteiger partial charge < -0.3 is 19.5 Å². The Morgan fingerprint density at radius 3 is 2.52 bits per heavy atom. The normalized spacial score (nSPS) is 14.3. The van der Waals surface area contributed by atoms with Crippen LogP contribution >= 0.6 is 22.6 Å². The average Bonchev–Trinajstić information content (AvgIpc) is 3.05. The monoisotopic (exact) mass is 567 g/mol. The maximum atomic E-state index is 12.5. The van der Waals surface area contributed by atoms with Crippen molar-refractivity contribution in [2.24, 2.45) is 0 Å². The molecule has 0 aliphatic carbocycles. The molecule has 172 valence electrons. The summed E-state index contributed by atoms with van der Waals surface area (Å²) in [7, 11) is 2.62. The summed E-state index contributed by atoms with van der Waals surface area (Å²) in [4.78, 5) is 47.0. The second-order valence-corrected chi connectivity index (χ2v) is 7.86. The topological polar surface area (TPSA) is 137 Å². The van der Waals surface area contributed by atoms with Gasteiger partial charge in [-0.05, 0) is 64.1 Å². The Morgan fingerprint density at radius 1 is 1.21 bits per heavy atom. The summed E-state index contributed by atoms with van der Waals surface area (Å²) in [5.41, 5.74) is 1.28. The highest BCUT2D eigenvalue weighted by atomic mass is 127. The number of amides is 3. The standard InChI is InChI=1S/C21H18IN3O8/c1-31-17-9-13(8-16-20(27)24(21(28)23-16)10-18(26)32-2)7-15(22)19(17)33-11-12-3-5-14(6-4-12)25(29)30/h3-9H,10-11H2,1-2H3,(H,23,28)/b16-8+. The van der Waals surface area contributed by atoms with Crippen molar-refractivity contribution in [2.45, 2.75) is 6.61 Å². The minimum absolute atomic E-state index is 0.00121. The van der Waals surface area contributed by atoms with E-state index >= 15 is 0 Å². The molecule has 1 fully saturated rings. The van der Waals surface area contributed by atoms with Gasteiger partial charge in [-0.15, -0.1) is 0 Å². The van der Waals surface area contributed by atoms with E-state index < -0.39 is 29.4 Å². The van der Waals surface area contributed by atoms with Crippen molar-refractivity contribution in [3.63, 3.8) is 0 Å². The number of benzene rings is 2. The number of esters is 1. The minimum atomic E-state index is -0.721. The number of methoxy groups -OCH3 is 2. The number of carbonyl (C=O) groups is 3. The van der Waals surface area contributed by atoms with Crippen LogP contribution in [0, 0.1) is 13.7 Å². The molecular weight excluding hydrogens is 549 g/mol. The number of carbonyl (C=O) groups excluding carboxylic acids is 3. The van der Waals surface area contributed by atoms with Crippen molar-refractivity contribution < 1.29 is 33.5 Å². The zero-order chi connectivity index (χ0) is 24.1. The number of nitrogens with zero attached hydrogens (tertiary/aromatic N) is 2. The minimum Gasteiger partial charge on any atom is -0.493 e. The zero-order valence-corrected chi connectivity index (χ0v) is 19.7. The van der Waals surface area contributed by atoms with Crippen LogP contribution in [0.15, 0.2) is 42.1 Å². The van der Waals surface area contributed by atoms with Crippen LogP contribution in [0.5, 0.6) is 11.5 Å². The molecule has 0 bridgehead atoms. The van der Waals surface area contributed by atoms with E-state index in [1.54, 1.807) is 24.3 Å². The van der Waals surface area contributed by atoms with E-state index in [9.17, 15) is 24.5 Å². The quantitative estimate of drug-likeness (QED) is 0.128. The van der Waals surface area contributed by atoms with Crippen LogP contribution in [-0.2, 0) is 20.9 Å². The van der Waals surface area contributed by atoms with Crippen molar-refractivity contribution in [1.29, 1.82) is 0 Å². The van der Waals surface area contributed by atoms with E-state index in [-0.39, 0.29) is 18.0 Å². The third kappa shape index (κ3) is 5.58. The molecule has 3 rings (SSSR count). The number of halogens is 1. The summed E-state index contributed by atoms with van der Waals surface area (Å²) in [5.74, 6) is -0.532. The lowest BCUT2D eigenvalue weighted by Gasteiger charge is -2.14. The molecule has 11 nitrogen and oxygen atoms in total. The lowest BCUT2D eigenvalue weighted by molar-refractivity contribution is -0.384. The predicted molar refractivity (Wildman–Crippen MR) is 123 cm³/mol. The molecule has 12 heteroatoms. The number of imide groups is 1. The number of nitrogens with one attached hydrogen (secondary N) is 1. The number of ether oxygens (including phenoxy) is 3. The second kappa shape index (κ2) is 10.3. The fourth-order valence-corrected chi connectivity index (χ4v) is 3.69. The molecule has 1 aliphatic rings. The fourth-order valence-electron chi connectivity index (χ4n) is 2.91. The first kappa shape index (κ1) is 24.0. The van der Waals surface area contributed by atoms with Gasteiger partial charge >= 0.3 is 12.0 Å². The van der Waals surface area contributed by atoms with Crippen LogP contribution in [0.25, 0.3) is 6.08 Å². The molecule has 1 saturated heterocycles. The largest absolute Gasteiger partial charge is 0.493 e. The third-order valence-corrected chi connectivity index (χ3v) is 5.37. The number of nitro benzene ring substituents is 1. The fraction of sp³-hybridized carbons (Fsp3) is 0.190. The zero-order valence-electron chi connectivity index (χ0n) is 17.5. The average molecular weight is 567 g/mol. The molecule has 0 spiro atoms. The summed E-state index contributed by atoms with van der Waals surface area (Å²) in [6.07, 6.45) is 1.46. The molecular formula is C21H18IN3O8. The van der Waals surface area contributed by atoms with Gasteiger partial charge in [-0.25, -0.2) is 9.69 Å². The maximum Gasteiger partial charge on any atom is 0.329 e. The van der Waals surface area contributed by atoms with Crippen molar-refractivity contribution in [3.05, 3.63) is 66.9 Å². The maximum absolute atomic E-state index is 12.5. The smallest absolute Gasteiger partial charge is 0.329 e. The van der Waals surface area contributed by atoms with Crippen molar-refractivity contribution in [3.8, 4) is 11.5 Å². The van der Waals surface area contributed by atoms with Gasteiger partial charge in [0.15, 0.2) is 11.5 Å². The molecule has 1 N–H and O–H groups in total. The van der Waals surface area contributed by atoms with Gasteiger partial charge in [0.25, 0.3) is 11.6 Å². The van der Waals surface area contributed by atoms with E-state index in [0.29, 0.717) is 20.6 Å². The van der Waals surface area contributed by atoms with E-state index in [4.69, 9.17) is 9.47 Å². The van der Waals surface area contributed by atoms with Crippen LogP contribution in [0.1, 0.15) is 11.1 Å². The Bertz CT molecular complexity index is 1150. The molecule has 33 heavy (non-hydrogen) atoms. The number of hydrogen-bond donors (Lipinski definition) is 1. The molecule has 2 aromatic rings. The predicted octanol–water partition coefficient (Wildman–Crippen LogP) is 2.85. The van der Waals surface area contributed by atoms with E-state index in [0.717, 1.165) is 17.6 Å². The third-order valence-electron chi connectivity index (χ3n) is 4.57. The lowest BCUT2D eigenvalue weighted by Crippen LogP contribution is -2.36. The first-order valence-corrected chi connectivity index (χ1v) is 10.5. The van der Waals surface area contributed by atoms with Crippen LogP contribution in [0.2, 0.25) is 0 Å². The molecule has 1 aliphatic heterocycles. The molecule has 0 unspecified atom stereocenters. The summed E-state index contributed by atoms with van der Waals surface area (Å²) in [5, 5.41) is 13.2. The molecule has 2 aromatic carbocycles. The molecule has 0 radical (unpaired) electrons. The summed E-state index contributed by atoms with van der Waals surface area (Å²) in [6.45, 7) is -0.337. The molecule has 0 aromatic heterocycles. The molecule has 1 heterocycles. The van der Waals surface area contributed by atoms with Crippen molar-refractivity contribution in [2.75, 3.05) is 20.8 Å². The Labute approximate surface area is 201 Å². The highest BCUT2D eigenvalue weighted by molar-refractivity contribution is 14.1.